The van der Waals surface area contributed by atoms with Crippen molar-refractivity contribution in [1.29, 1.82) is 0 Å². The standard InChI is InChI=1S/C19H26N2O4/c1-14(15(2)21-10-12-25-13-11-21)20-18(22)9-6-16-4-7-17(8-5-16)19(23)24-3/h4-9,14-15H,10-13H2,1-3H3,(H,20,22)/b9-6+/t14-,15+/m1/s1. The van der Waals surface area contributed by atoms with E-state index in [9.17, 15) is 9.59 Å². The fraction of sp³-hybridized carbons (Fsp3) is 0.474. The van der Waals surface area contributed by atoms with Crippen LogP contribution in [0.1, 0.15) is 29.8 Å². The molecule has 6 heteroatoms. The number of carbonyl (C=O) groups is 2. The number of hydrogen-bond donors (Lipinski definition) is 1. The summed E-state index contributed by atoms with van der Waals surface area (Å²) in [6.45, 7) is 7.40. The highest BCUT2D eigenvalue weighted by Gasteiger charge is 2.22. The molecular weight excluding hydrogens is 320 g/mol. The first-order valence-corrected chi connectivity index (χ1v) is 8.50. The number of nitrogens with one attached hydrogen (secondary N) is 1. The number of morpholine rings is 1. The summed E-state index contributed by atoms with van der Waals surface area (Å²) < 4.78 is 10.0. The minimum absolute atomic E-state index is 0.0388. The lowest BCUT2D eigenvalue weighted by atomic mass is 10.1. The van der Waals surface area contributed by atoms with Crippen LogP contribution < -0.4 is 5.32 Å². The van der Waals surface area contributed by atoms with Gasteiger partial charge in [-0.1, -0.05) is 12.1 Å². The van der Waals surface area contributed by atoms with Gasteiger partial charge in [0, 0.05) is 31.2 Å². The molecule has 0 aliphatic carbocycles. The largest absolute Gasteiger partial charge is 0.465 e. The second-order valence-electron chi connectivity index (χ2n) is 6.13. The van der Waals surface area contributed by atoms with Gasteiger partial charge in [-0.05, 0) is 37.6 Å². The van der Waals surface area contributed by atoms with Gasteiger partial charge < -0.3 is 14.8 Å². The zero-order valence-electron chi connectivity index (χ0n) is 15.0. The first kappa shape index (κ1) is 19.1. The van der Waals surface area contributed by atoms with E-state index in [0.717, 1.165) is 31.9 Å². The van der Waals surface area contributed by atoms with Crippen LogP contribution in [-0.4, -0.2) is 62.3 Å². The van der Waals surface area contributed by atoms with Gasteiger partial charge in [0.2, 0.25) is 5.91 Å². The van der Waals surface area contributed by atoms with Crippen molar-refractivity contribution in [3.8, 4) is 0 Å². The highest BCUT2D eigenvalue weighted by atomic mass is 16.5. The van der Waals surface area contributed by atoms with Crippen molar-refractivity contribution in [3.63, 3.8) is 0 Å². The van der Waals surface area contributed by atoms with Crippen LogP contribution in [-0.2, 0) is 14.3 Å². The monoisotopic (exact) mass is 346 g/mol. The molecule has 1 aliphatic rings. The van der Waals surface area contributed by atoms with Crippen LogP contribution in [0, 0.1) is 0 Å². The summed E-state index contributed by atoms with van der Waals surface area (Å²) in [6.07, 6.45) is 3.23. The molecule has 0 spiro atoms. The van der Waals surface area contributed by atoms with Gasteiger partial charge >= 0.3 is 5.97 Å². The Kier molecular flexibility index (Phi) is 7.16. The number of esters is 1. The molecule has 1 fully saturated rings. The van der Waals surface area contributed by atoms with Crippen molar-refractivity contribution in [2.24, 2.45) is 0 Å². The zero-order chi connectivity index (χ0) is 18.2. The molecule has 2 rings (SSSR count). The Morgan fingerprint density at radius 2 is 1.84 bits per heavy atom. The maximum absolute atomic E-state index is 12.1. The highest BCUT2D eigenvalue weighted by molar-refractivity contribution is 5.92. The van der Waals surface area contributed by atoms with Gasteiger partial charge in [-0.3, -0.25) is 9.69 Å². The second kappa shape index (κ2) is 9.34. The third kappa shape index (κ3) is 5.69. The van der Waals surface area contributed by atoms with Crippen LogP contribution in [0.5, 0.6) is 0 Å². The maximum Gasteiger partial charge on any atom is 0.337 e. The SMILES string of the molecule is COC(=O)c1ccc(/C=C/C(=O)N[C@H](C)[C@H](C)N2CCOCC2)cc1. The summed E-state index contributed by atoms with van der Waals surface area (Å²) in [5, 5.41) is 3.00. The number of nitrogens with zero attached hydrogens (tertiary/aromatic N) is 1. The van der Waals surface area contributed by atoms with Gasteiger partial charge in [0.15, 0.2) is 0 Å². The van der Waals surface area contributed by atoms with E-state index in [-0.39, 0.29) is 24.0 Å². The van der Waals surface area contributed by atoms with Gasteiger partial charge in [-0.15, -0.1) is 0 Å². The number of amides is 1. The van der Waals surface area contributed by atoms with E-state index in [1.54, 1.807) is 30.3 Å². The summed E-state index contributed by atoms with van der Waals surface area (Å²) in [7, 11) is 1.35. The normalized spacial score (nSPS) is 17.9. The first-order valence-electron chi connectivity index (χ1n) is 8.50. The van der Waals surface area contributed by atoms with Gasteiger partial charge in [-0.2, -0.15) is 0 Å². The Labute approximate surface area is 148 Å². The molecule has 1 aliphatic heterocycles. The van der Waals surface area contributed by atoms with E-state index in [1.807, 2.05) is 6.92 Å². The van der Waals surface area contributed by atoms with E-state index in [0.29, 0.717) is 5.56 Å². The molecule has 1 heterocycles. The molecule has 0 bridgehead atoms. The molecule has 0 radical (unpaired) electrons. The van der Waals surface area contributed by atoms with Crippen LogP contribution in [0.3, 0.4) is 0 Å². The number of ether oxygens (including phenoxy) is 2. The Bertz CT molecular complexity index is 606. The molecule has 1 amide bonds. The molecule has 1 saturated heterocycles. The summed E-state index contributed by atoms with van der Waals surface area (Å²) >= 11 is 0. The number of rotatable bonds is 6. The number of carbonyl (C=O) groups excluding carboxylic acids is 2. The Morgan fingerprint density at radius 3 is 2.44 bits per heavy atom. The third-order valence-corrected chi connectivity index (χ3v) is 4.47. The molecule has 1 N–H and O–H groups in total. The van der Waals surface area contributed by atoms with E-state index in [2.05, 4.69) is 21.9 Å². The number of methoxy groups -OCH3 is 1. The quantitative estimate of drug-likeness (QED) is 0.627. The zero-order valence-corrected chi connectivity index (χ0v) is 15.0. The molecular formula is C19H26N2O4. The van der Waals surface area contributed by atoms with Crippen molar-refractivity contribution in [2.75, 3.05) is 33.4 Å². The van der Waals surface area contributed by atoms with Gasteiger partial charge in [0.05, 0.1) is 25.9 Å². The van der Waals surface area contributed by atoms with Crippen molar-refractivity contribution in [3.05, 3.63) is 41.5 Å². The van der Waals surface area contributed by atoms with E-state index < -0.39 is 0 Å². The summed E-state index contributed by atoms with van der Waals surface area (Å²) in [4.78, 5) is 25.8. The first-order chi connectivity index (χ1) is 12.0. The molecule has 25 heavy (non-hydrogen) atoms. The molecule has 0 aromatic heterocycles. The predicted molar refractivity (Wildman–Crippen MR) is 96.3 cm³/mol. The smallest absolute Gasteiger partial charge is 0.337 e. The van der Waals surface area contributed by atoms with Crippen molar-refractivity contribution in [1.82, 2.24) is 10.2 Å². The second-order valence-corrected chi connectivity index (χ2v) is 6.13. The van der Waals surface area contributed by atoms with Crippen molar-refractivity contribution >= 4 is 18.0 Å². The van der Waals surface area contributed by atoms with Crippen LogP contribution >= 0.6 is 0 Å². The topological polar surface area (TPSA) is 67.9 Å². The average molecular weight is 346 g/mol. The highest BCUT2D eigenvalue weighted by Crippen LogP contribution is 2.09. The fourth-order valence-corrected chi connectivity index (χ4v) is 2.71. The van der Waals surface area contributed by atoms with Gasteiger partial charge in [0.1, 0.15) is 0 Å². The number of hydrogen-bond acceptors (Lipinski definition) is 5. The minimum atomic E-state index is -0.376. The van der Waals surface area contributed by atoms with E-state index in [1.165, 1.54) is 13.2 Å². The van der Waals surface area contributed by atoms with Gasteiger partial charge in [-0.25, -0.2) is 4.79 Å². The lowest BCUT2D eigenvalue weighted by Crippen LogP contribution is -2.51. The summed E-state index contributed by atoms with van der Waals surface area (Å²) in [5.41, 5.74) is 1.33. The van der Waals surface area contributed by atoms with Crippen LogP contribution in [0.15, 0.2) is 30.3 Å². The lowest BCUT2D eigenvalue weighted by molar-refractivity contribution is -0.117. The van der Waals surface area contributed by atoms with E-state index >= 15 is 0 Å². The Balaban J connectivity index is 1.86. The van der Waals surface area contributed by atoms with Crippen molar-refractivity contribution in [2.45, 2.75) is 25.9 Å². The van der Waals surface area contributed by atoms with Crippen LogP contribution in [0.4, 0.5) is 0 Å². The fourth-order valence-electron chi connectivity index (χ4n) is 2.71. The third-order valence-electron chi connectivity index (χ3n) is 4.47. The van der Waals surface area contributed by atoms with Crippen LogP contribution in [0.2, 0.25) is 0 Å². The molecule has 2 atom stereocenters. The summed E-state index contributed by atoms with van der Waals surface area (Å²) in [5.74, 6) is -0.510. The summed E-state index contributed by atoms with van der Waals surface area (Å²) in [6, 6.07) is 7.18. The molecule has 0 unspecified atom stereocenters. The molecule has 136 valence electrons. The molecule has 1 aromatic rings. The average Bonchev–Trinajstić information content (AvgIpc) is 2.66. The van der Waals surface area contributed by atoms with Crippen LogP contribution in [0.25, 0.3) is 6.08 Å². The van der Waals surface area contributed by atoms with Crippen molar-refractivity contribution < 1.29 is 19.1 Å². The van der Waals surface area contributed by atoms with E-state index in [4.69, 9.17) is 4.74 Å². The Morgan fingerprint density at radius 1 is 1.20 bits per heavy atom. The number of benzene rings is 1. The maximum atomic E-state index is 12.1. The lowest BCUT2D eigenvalue weighted by Gasteiger charge is -2.35. The van der Waals surface area contributed by atoms with Gasteiger partial charge in [0.25, 0.3) is 0 Å². The molecule has 0 saturated carbocycles. The molecule has 1 aromatic carbocycles. The predicted octanol–water partition coefficient (Wildman–Crippen LogP) is 1.71. The molecule has 6 nitrogen and oxygen atoms in total. The Hall–Kier alpha value is -2.18. The minimum Gasteiger partial charge on any atom is -0.465 e.